The van der Waals surface area contributed by atoms with Crippen molar-refractivity contribution in [3.63, 3.8) is 0 Å². The summed E-state index contributed by atoms with van der Waals surface area (Å²) in [6.07, 6.45) is 4.14. The minimum atomic E-state index is -1.57. The van der Waals surface area contributed by atoms with Gasteiger partial charge in [0.15, 0.2) is 5.58 Å². The van der Waals surface area contributed by atoms with Crippen LogP contribution in [0.4, 0.5) is 15.8 Å². The van der Waals surface area contributed by atoms with Gasteiger partial charge in [0.05, 0.1) is 40.8 Å². The quantitative estimate of drug-likeness (QED) is 0.125. The zero-order chi connectivity index (χ0) is 41.7. The van der Waals surface area contributed by atoms with E-state index in [-0.39, 0.29) is 36.8 Å². The highest BCUT2D eigenvalue weighted by Crippen LogP contribution is 2.63. The highest BCUT2D eigenvalue weighted by atomic mass is 35.5. The maximum absolute atomic E-state index is 15.5. The number of hydrogen-bond donors (Lipinski definition) is 2. The normalized spacial score (nSPS) is 25.4. The predicted octanol–water partition coefficient (Wildman–Crippen LogP) is 8.53. The van der Waals surface area contributed by atoms with Crippen LogP contribution in [0.5, 0.6) is 11.5 Å². The number of amides is 4. The van der Waals surface area contributed by atoms with Gasteiger partial charge in [-0.05, 0) is 121 Å². The first-order valence-electron chi connectivity index (χ1n) is 20.0. The van der Waals surface area contributed by atoms with E-state index in [1.807, 2.05) is 30.3 Å². The van der Waals surface area contributed by atoms with Gasteiger partial charge in [0.2, 0.25) is 17.7 Å². The Hall–Kier alpha value is -7.05. The molecule has 6 aromatic rings. The Morgan fingerprint density at radius 1 is 0.852 bits per heavy atom. The maximum atomic E-state index is 15.5. The number of carbonyl (C=O) groups excluding carboxylic acids is 4. The lowest BCUT2D eigenvalue weighted by molar-refractivity contribution is -0.139. The summed E-state index contributed by atoms with van der Waals surface area (Å²) in [7, 11) is 0. The molecule has 0 radical (unpaired) electrons. The van der Waals surface area contributed by atoms with E-state index in [0.29, 0.717) is 61.4 Å². The SMILES string of the molecule is O=C1C2CC3C(=CCC4C(=O)N(c5ccc(-c6nc7ccccc7o6)cc5)C(=O)C43)C(C3=COc4ccc(O)cc4C3)C2(c2ccc(Cl)cc2)C(=O)N1Nc1ccc(F)cc1. The van der Waals surface area contributed by atoms with Crippen molar-refractivity contribution in [3.05, 3.63) is 161 Å². The number of phenolic OH excluding ortho intramolecular Hbond substituents is 1. The Bertz CT molecular complexity index is 2880. The standard InChI is InChI=1S/C48H34ClFN4O7/c49-29-9-7-28(8-10-29)48-37(45(57)54(47(48)59)52-31-13-11-30(50)12-14-31)23-36-34(42(48)27-21-26-22-33(55)17-20-39(26)60-24-27)18-19-35-41(36)46(58)53(44(35)56)32-15-5-25(6-16-32)43-51-38-3-1-2-4-40(38)61-43/h1-18,20,22,24,35-37,41-42,52,55H,19,21,23H2. The predicted molar refractivity (Wildman–Crippen MR) is 222 cm³/mol. The molecule has 6 unspecified atom stereocenters. The number of phenols is 1. The van der Waals surface area contributed by atoms with Crippen LogP contribution >= 0.6 is 11.6 Å². The summed E-state index contributed by atoms with van der Waals surface area (Å²) in [4.78, 5) is 65.6. The lowest BCUT2D eigenvalue weighted by Crippen LogP contribution is -2.55. The minimum absolute atomic E-state index is 0.0361. The topological polar surface area (TPSA) is 142 Å². The van der Waals surface area contributed by atoms with Gasteiger partial charge in [0.1, 0.15) is 22.8 Å². The number of imide groups is 2. The molecule has 4 heterocycles. The number of nitrogens with zero attached hydrogens (tertiary/aromatic N) is 3. The number of nitrogens with one attached hydrogen (secondary N) is 1. The van der Waals surface area contributed by atoms with E-state index >= 15 is 9.59 Å². The molecule has 5 aromatic carbocycles. The van der Waals surface area contributed by atoms with Crippen molar-refractivity contribution in [2.24, 2.45) is 29.6 Å². The van der Waals surface area contributed by atoms with Crippen molar-refractivity contribution < 1.29 is 37.8 Å². The van der Waals surface area contributed by atoms with Gasteiger partial charge in [-0.25, -0.2) is 9.37 Å². The molecule has 6 atom stereocenters. The molecule has 1 saturated carbocycles. The highest BCUT2D eigenvalue weighted by molar-refractivity contribution is 6.30. The molecular formula is C48H34ClFN4O7. The van der Waals surface area contributed by atoms with Crippen LogP contribution in [0.2, 0.25) is 5.02 Å². The number of hydrogen-bond acceptors (Lipinski definition) is 9. The van der Waals surface area contributed by atoms with Crippen LogP contribution in [-0.4, -0.2) is 38.7 Å². The van der Waals surface area contributed by atoms with Gasteiger partial charge < -0.3 is 14.3 Å². The van der Waals surface area contributed by atoms with Crippen molar-refractivity contribution in [2.75, 3.05) is 10.3 Å². The van der Waals surface area contributed by atoms with Gasteiger partial charge in [-0.2, -0.15) is 5.01 Å². The number of aromatic hydroxyl groups is 1. The highest BCUT2D eigenvalue weighted by Gasteiger charge is 2.70. The third-order valence-electron chi connectivity index (χ3n) is 13.1. The van der Waals surface area contributed by atoms with Crippen molar-refractivity contribution in [3.8, 4) is 23.0 Å². The van der Waals surface area contributed by atoms with Crippen LogP contribution in [0, 0.1) is 35.4 Å². The summed E-state index contributed by atoms with van der Waals surface area (Å²) >= 11 is 6.43. The fourth-order valence-electron chi connectivity index (χ4n) is 10.5. The molecule has 0 bridgehead atoms. The molecule has 3 aliphatic heterocycles. The lowest BCUT2D eigenvalue weighted by atomic mass is 9.48. The molecule has 13 heteroatoms. The third-order valence-corrected chi connectivity index (χ3v) is 13.3. The smallest absolute Gasteiger partial charge is 0.260 e. The van der Waals surface area contributed by atoms with E-state index in [1.165, 1.54) is 35.2 Å². The molecular weight excluding hydrogens is 799 g/mol. The second-order valence-corrected chi connectivity index (χ2v) is 16.6. The number of oxazole rings is 1. The third kappa shape index (κ3) is 5.58. The molecule has 11 rings (SSSR count). The number of ether oxygens (including phenoxy) is 1. The summed E-state index contributed by atoms with van der Waals surface area (Å²) in [5, 5.41) is 11.9. The average Bonchev–Trinajstić information content (AvgIpc) is 3.89. The second-order valence-electron chi connectivity index (χ2n) is 16.2. The Kier molecular flexibility index (Phi) is 8.34. The number of rotatable bonds is 6. The van der Waals surface area contributed by atoms with Crippen molar-refractivity contribution in [2.45, 2.75) is 24.7 Å². The fourth-order valence-corrected chi connectivity index (χ4v) is 10.6. The number of anilines is 2. The van der Waals surface area contributed by atoms with Crippen molar-refractivity contribution >= 4 is 57.7 Å². The first-order chi connectivity index (χ1) is 29.6. The molecule has 1 aromatic heterocycles. The van der Waals surface area contributed by atoms with Crippen LogP contribution in [0.3, 0.4) is 0 Å². The number of benzene rings is 5. The van der Waals surface area contributed by atoms with E-state index in [4.69, 9.17) is 20.8 Å². The molecule has 2 saturated heterocycles. The summed E-state index contributed by atoms with van der Waals surface area (Å²) in [5.74, 6) is -5.35. The summed E-state index contributed by atoms with van der Waals surface area (Å²) in [5.41, 5.74) is 6.76. The van der Waals surface area contributed by atoms with Crippen LogP contribution in [0.15, 0.2) is 143 Å². The molecule has 3 fully saturated rings. The molecule has 61 heavy (non-hydrogen) atoms. The largest absolute Gasteiger partial charge is 0.508 e. The molecule has 302 valence electrons. The number of allylic oxidation sites excluding steroid dienone is 3. The van der Waals surface area contributed by atoms with E-state index < -0.39 is 52.6 Å². The number of para-hydroxylation sites is 2. The van der Waals surface area contributed by atoms with Crippen LogP contribution < -0.4 is 15.1 Å². The maximum Gasteiger partial charge on any atom is 0.260 e. The Morgan fingerprint density at radius 3 is 2.39 bits per heavy atom. The zero-order valence-corrected chi connectivity index (χ0v) is 32.9. The Labute approximate surface area is 352 Å². The van der Waals surface area contributed by atoms with Gasteiger partial charge in [0, 0.05) is 28.5 Å². The van der Waals surface area contributed by atoms with Gasteiger partial charge >= 0.3 is 0 Å². The van der Waals surface area contributed by atoms with Gasteiger partial charge in [0.25, 0.3) is 11.8 Å². The minimum Gasteiger partial charge on any atom is -0.508 e. The number of aromatic nitrogens is 1. The number of halogens is 2. The van der Waals surface area contributed by atoms with E-state index in [1.54, 1.807) is 66.9 Å². The van der Waals surface area contributed by atoms with Crippen molar-refractivity contribution in [1.82, 2.24) is 9.99 Å². The van der Waals surface area contributed by atoms with Crippen molar-refractivity contribution in [1.29, 1.82) is 0 Å². The fraction of sp³-hybridized carbons (Fsp3) is 0.188. The van der Waals surface area contributed by atoms with Crippen LogP contribution in [0.25, 0.3) is 22.6 Å². The van der Waals surface area contributed by atoms with Gasteiger partial charge in [-0.1, -0.05) is 47.5 Å². The zero-order valence-electron chi connectivity index (χ0n) is 32.1. The van der Waals surface area contributed by atoms with Gasteiger partial charge in [-0.3, -0.25) is 29.5 Å². The number of carbonyl (C=O) groups is 4. The number of fused-ring (bicyclic) bond motifs is 6. The van der Waals surface area contributed by atoms with E-state index in [0.717, 1.165) is 10.6 Å². The lowest BCUT2D eigenvalue weighted by Gasteiger charge is -2.51. The molecule has 11 nitrogen and oxygen atoms in total. The van der Waals surface area contributed by atoms with Gasteiger partial charge in [-0.15, -0.1) is 0 Å². The molecule has 4 amide bonds. The summed E-state index contributed by atoms with van der Waals surface area (Å²) in [6.45, 7) is 0. The summed E-state index contributed by atoms with van der Waals surface area (Å²) in [6, 6.07) is 31.4. The van der Waals surface area contributed by atoms with Crippen LogP contribution in [-0.2, 0) is 31.0 Å². The molecule has 2 N–H and O–H groups in total. The van der Waals surface area contributed by atoms with Crippen LogP contribution in [0.1, 0.15) is 24.0 Å². The Balaban J connectivity index is 1.02. The Morgan fingerprint density at radius 2 is 1.62 bits per heavy atom. The first kappa shape index (κ1) is 37.0. The average molecular weight is 833 g/mol. The second kappa shape index (κ2) is 13.7. The monoisotopic (exact) mass is 832 g/mol. The molecule has 0 spiro atoms. The number of hydrazine groups is 1. The molecule has 2 aliphatic carbocycles. The first-order valence-corrected chi connectivity index (χ1v) is 20.4. The van der Waals surface area contributed by atoms with E-state index in [2.05, 4.69) is 10.4 Å². The summed E-state index contributed by atoms with van der Waals surface area (Å²) < 4.78 is 26.2. The molecule has 5 aliphatic rings. The van der Waals surface area contributed by atoms with E-state index in [9.17, 15) is 19.1 Å².